The minimum atomic E-state index is -0.340. The summed E-state index contributed by atoms with van der Waals surface area (Å²) in [6.07, 6.45) is 6.63. The van der Waals surface area contributed by atoms with Gasteiger partial charge in [-0.15, -0.1) is 0 Å². The van der Waals surface area contributed by atoms with Gasteiger partial charge in [0, 0.05) is 30.1 Å². The van der Waals surface area contributed by atoms with Gasteiger partial charge < -0.3 is 11.1 Å². The van der Waals surface area contributed by atoms with Crippen LogP contribution < -0.4 is 11.1 Å². The Morgan fingerprint density at radius 1 is 1.18 bits per heavy atom. The van der Waals surface area contributed by atoms with Gasteiger partial charge in [-0.25, -0.2) is 14.4 Å². The number of aromatic nitrogens is 2. The molecule has 2 heterocycles. The van der Waals surface area contributed by atoms with E-state index in [9.17, 15) is 9.18 Å². The maximum Gasteiger partial charge on any atom is 0.228 e. The van der Waals surface area contributed by atoms with E-state index >= 15 is 0 Å². The first kappa shape index (κ1) is 17.8. The number of anilines is 2. The van der Waals surface area contributed by atoms with E-state index in [0.717, 1.165) is 18.4 Å². The first-order chi connectivity index (χ1) is 13.6. The summed E-state index contributed by atoms with van der Waals surface area (Å²) in [7, 11) is 0. The van der Waals surface area contributed by atoms with Gasteiger partial charge in [0.05, 0.1) is 0 Å². The second-order valence-electron chi connectivity index (χ2n) is 6.60. The van der Waals surface area contributed by atoms with Gasteiger partial charge in [-0.1, -0.05) is 12.1 Å². The second kappa shape index (κ2) is 7.56. The number of aliphatic imine (C=N–C) groups is 1. The number of carbonyl (C=O) groups excluding carboxylic acids is 1. The van der Waals surface area contributed by atoms with Crippen LogP contribution in [-0.2, 0) is 4.79 Å². The minimum absolute atomic E-state index is 0.00789. The van der Waals surface area contributed by atoms with Crippen LogP contribution in [0.2, 0.25) is 0 Å². The van der Waals surface area contributed by atoms with E-state index in [1.165, 1.54) is 12.1 Å². The topological polar surface area (TPSA) is 93.3 Å². The smallest absolute Gasteiger partial charge is 0.228 e. The maximum absolute atomic E-state index is 13.6. The molecule has 0 spiro atoms. The maximum atomic E-state index is 13.6. The number of pyridine rings is 2. The fourth-order valence-corrected chi connectivity index (χ4v) is 2.80. The molecule has 0 atom stereocenters. The van der Waals surface area contributed by atoms with E-state index in [1.54, 1.807) is 48.9 Å². The Balaban J connectivity index is 1.62. The molecule has 0 saturated heterocycles. The van der Waals surface area contributed by atoms with Crippen molar-refractivity contribution in [3.8, 4) is 11.1 Å². The standard InChI is InChI=1S/C21H18FN5O/c22-16-3-1-2-15(11-16)17-7-9-25-20(23)19(17)26-12-13-6-8-24-18(10-13)27-21(28)14-4-5-14/h1-3,6-12,14H,4-5H2,(H2,23,25)(H,24,27,28). The van der Waals surface area contributed by atoms with Crippen LogP contribution in [0.1, 0.15) is 18.4 Å². The molecule has 1 saturated carbocycles. The van der Waals surface area contributed by atoms with Crippen molar-refractivity contribution in [2.45, 2.75) is 12.8 Å². The van der Waals surface area contributed by atoms with Crippen LogP contribution in [0.3, 0.4) is 0 Å². The van der Waals surface area contributed by atoms with E-state index in [1.807, 2.05) is 0 Å². The molecule has 3 N–H and O–H groups in total. The largest absolute Gasteiger partial charge is 0.382 e. The number of rotatable bonds is 5. The number of nitrogens with one attached hydrogen (secondary N) is 1. The zero-order chi connectivity index (χ0) is 19.5. The minimum Gasteiger partial charge on any atom is -0.382 e. The van der Waals surface area contributed by atoms with Gasteiger partial charge in [0.15, 0.2) is 0 Å². The van der Waals surface area contributed by atoms with E-state index < -0.39 is 0 Å². The molecule has 1 aliphatic rings. The molecule has 1 amide bonds. The van der Waals surface area contributed by atoms with Gasteiger partial charge in [0.25, 0.3) is 0 Å². The number of carbonyl (C=O) groups is 1. The lowest BCUT2D eigenvalue weighted by Gasteiger charge is -2.08. The van der Waals surface area contributed by atoms with Gasteiger partial charge in [-0.05, 0) is 54.3 Å². The molecule has 0 bridgehead atoms. The molecule has 4 rings (SSSR count). The van der Waals surface area contributed by atoms with Crippen LogP contribution in [-0.4, -0.2) is 22.1 Å². The van der Waals surface area contributed by atoms with Crippen molar-refractivity contribution in [2.24, 2.45) is 10.9 Å². The molecule has 0 aliphatic heterocycles. The normalized spacial score (nSPS) is 13.6. The first-order valence-corrected chi connectivity index (χ1v) is 8.91. The molecule has 6 nitrogen and oxygen atoms in total. The second-order valence-corrected chi connectivity index (χ2v) is 6.60. The van der Waals surface area contributed by atoms with Crippen LogP contribution in [0.4, 0.5) is 21.7 Å². The highest BCUT2D eigenvalue weighted by Gasteiger charge is 2.29. The zero-order valence-corrected chi connectivity index (χ0v) is 15.0. The molecule has 28 heavy (non-hydrogen) atoms. The quantitative estimate of drug-likeness (QED) is 0.660. The fourth-order valence-electron chi connectivity index (χ4n) is 2.80. The third kappa shape index (κ3) is 4.03. The van der Waals surface area contributed by atoms with Crippen LogP contribution >= 0.6 is 0 Å². The number of amides is 1. The number of nitrogens with zero attached hydrogens (tertiary/aromatic N) is 3. The van der Waals surface area contributed by atoms with Crippen molar-refractivity contribution in [2.75, 3.05) is 11.1 Å². The molecule has 1 aromatic carbocycles. The molecule has 140 valence electrons. The van der Waals surface area contributed by atoms with Gasteiger partial charge >= 0.3 is 0 Å². The zero-order valence-electron chi connectivity index (χ0n) is 15.0. The summed E-state index contributed by atoms with van der Waals surface area (Å²) in [5.41, 5.74) is 8.55. The van der Waals surface area contributed by atoms with Crippen LogP contribution in [0.25, 0.3) is 11.1 Å². The molecule has 7 heteroatoms. The highest BCUT2D eigenvalue weighted by Crippen LogP contribution is 2.34. The summed E-state index contributed by atoms with van der Waals surface area (Å²) in [6.45, 7) is 0. The number of halogens is 1. The average Bonchev–Trinajstić information content (AvgIpc) is 3.52. The monoisotopic (exact) mass is 375 g/mol. The molecular formula is C21H18FN5O. The summed E-state index contributed by atoms with van der Waals surface area (Å²) < 4.78 is 13.6. The Labute approximate surface area is 161 Å². The fraction of sp³-hybridized carbons (Fsp3) is 0.143. The van der Waals surface area contributed by atoms with Crippen molar-refractivity contribution in [3.05, 3.63) is 66.2 Å². The Bertz CT molecular complexity index is 1060. The number of hydrogen-bond acceptors (Lipinski definition) is 5. The van der Waals surface area contributed by atoms with Gasteiger partial charge in [0.2, 0.25) is 5.91 Å². The molecular weight excluding hydrogens is 357 g/mol. The Hall–Kier alpha value is -3.61. The van der Waals surface area contributed by atoms with Crippen molar-refractivity contribution in [3.63, 3.8) is 0 Å². The van der Waals surface area contributed by atoms with Crippen molar-refractivity contribution in [1.29, 1.82) is 0 Å². The summed E-state index contributed by atoms with van der Waals surface area (Å²) in [6, 6.07) is 11.5. The molecule has 1 fully saturated rings. The Morgan fingerprint density at radius 3 is 2.79 bits per heavy atom. The van der Waals surface area contributed by atoms with E-state index in [2.05, 4.69) is 20.3 Å². The van der Waals surface area contributed by atoms with Crippen molar-refractivity contribution < 1.29 is 9.18 Å². The third-order valence-corrected chi connectivity index (χ3v) is 4.41. The predicted molar refractivity (Wildman–Crippen MR) is 107 cm³/mol. The lowest BCUT2D eigenvalue weighted by molar-refractivity contribution is -0.117. The van der Waals surface area contributed by atoms with Crippen LogP contribution in [0, 0.1) is 11.7 Å². The Kier molecular flexibility index (Phi) is 4.80. The first-order valence-electron chi connectivity index (χ1n) is 8.91. The SMILES string of the molecule is Nc1nccc(-c2cccc(F)c2)c1N=Cc1ccnc(NC(=O)C2CC2)c1. The van der Waals surface area contributed by atoms with Crippen molar-refractivity contribution in [1.82, 2.24) is 9.97 Å². The van der Waals surface area contributed by atoms with E-state index in [-0.39, 0.29) is 23.5 Å². The number of nitrogen functional groups attached to an aromatic ring is 1. The molecule has 3 aromatic rings. The highest BCUT2D eigenvalue weighted by atomic mass is 19.1. The Morgan fingerprint density at radius 2 is 2.00 bits per heavy atom. The van der Waals surface area contributed by atoms with E-state index in [0.29, 0.717) is 22.6 Å². The number of nitrogens with two attached hydrogens (primary N) is 1. The highest BCUT2D eigenvalue weighted by molar-refractivity contribution is 5.94. The number of hydrogen-bond donors (Lipinski definition) is 2. The lowest BCUT2D eigenvalue weighted by Crippen LogP contribution is -2.14. The summed E-state index contributed by atoms with van der Waals surface area (Å²) in [5.74, 6) is 0.474. The van der Waals surface area contributed by atoms with Crippen molar-refractivity contribution >= 4 is 29.4 Å². The van der Waals surface area contributed by atoms with Gasteiger partial charge in [0.1, 0.15) is 23.1 Å². The van der Waals surface area contributed by atoms with Gasteiger partial charge in [-0.2, -0.15) is 0 Å². The third-order valence-electron chi connectivity index (χ3n) is 4.41. The molecule has 0 unspecified atom stereocenters. The van der Waals surface area contributed by atoms with Crippen LogP contribution in [0.15, 0.2) is 59.9 Å². The molecule has 0 radical (unpaired) electrons. The summed E-state index contributed by atoms with van der Waals surface area (Å²) in [4.78, 5) is 24.6. The lowest BCUT2D eigenvalue weighted by atomic mass is 10.0. The molecule has 1 aliphatic carbocycles. The average molecular weight is 375 g/mol. The predicted octanol–water partition coefficient (Wildman–Crippen LogP) is 3.96. The van der Waals surface area contributed by atoms with Crippen LogP contribution in [0.5, 0.6) is 0 Å². The summed E-state index contributed by atoms with van der Waals surface area (Å²) >= 11 is 0. The summed E-state index contributed by atoms with van der Waals surface area (Å²) in [5, 5.41) is 2.81. The van der Waals surface area contributed by atoms with E-state index in [4.69, 9.17) is 5.73 Å². The van der Waals surface area contributed by atoms with Gasteiger partial charge in [-0.3, -0.25) is 9.79 Å². The number of benzene rings is 1. The molecule has 2 aromatic heterocycles.